The molecule has 0 fully saturated rings. The third-order valence-corrected chi connectivity index (χ3v) is 5.92. The Morgan fingerprint density at radius 2 is 1.54 bits per heavy atom. The molecule has 0 radical (unpaired) electrons. The van der Waals surface area contributed by atoms with E-state index < -0.39 is 6.29 Å². The number of ether oxygens (including phenoxy) is 1. The van der Waals surface area contributed by atoms with Gasteiger partial charge in [-0.25, -0.2) is 0 Å². The summed E-state index contributed by atoms with van der Waals surface area (Å²) in [6.45, 7) is -0.154. The van der Waals surface area contributed by atoms with Gasteiger partial charge in [0, 0.05) is 30.9 Å². The van der Waals surface area contributed by atoms with Gasteiger partial charge in [-0.1, -0.05) is 54.6 Å². The van der Waals surface area contributed by atoms with Crippen LogP contribution in [0, 0.1) is 0 Å². The average Bonchev–Trinajstić information content (AvgIpc) is 3.05. The van der Waals surface area contributed by atoms with Crippen molar-refractivity contribution in [1.82, 2.24) is 0 Å². The Morgan fingerprint density at radius 1 is 0.808 bits per heavy atom. The SMILES string of the molecule is OC(O)COc1cc2c(sc3ccc4ccccc4c32)c2ccccc12. The van der Waals surface area contributed by atoms with Gasteiger partial charge < -0.3 is 14.9 Å². The molecule has 0 atom stereocenters. The quantitative estimate of drug-likeness (QED) is 0.443. The molecule has 128 valence electrons. The summed E-state index contributed by atoms with van der Waals surface area (Å²) >= 11 is 1.78. The molecule has 0 unspecified atom stereocenters. The van der Waals surface area contributed by atoms with Crippen LogP contribution < -0.4 is 4.74 Å². The molecule has 26 heavy (non-hydrogen) atoms. The second-order valence-electron chi connectivity index (χ2n) is 6.35. The highest BCUT2D eigenvalue weighted by molar-refractivity contribution is 7.26. The fourth-order valence-corrected chi connectivity index (χ4v) is 4.86. The first kappa shape index (κ1) is 15.6. The number of benzene rings is 4. The predicted molar refractivity (Wildman–Crippen MR) is 108 cm³/mol. The van der Waals surface area contributed by atoms with Crippen molar-refractivity contribution in [2.75, 3.05) is 6.61 Å². The lowest BCUT2D eigenvalue weighted by Gasteiger charge is -2.11. The summed E-state index contributed by atoms with van der Waals surface area (Å²) in [7, 11) is 0. The molecule has 0 saturated carbocycles. The van der Waals surface area contributed by atoms with Gasteiger partial charge in [0.25, 0.3) is 0 Å². The van der Waals surface area contributed by atoms with Crippen molar-refractivity contribution in [2.24, 2.45) is 0 Å². The fourth-order valence-electron chi connectivity index (χ4n) is 3.62. The van der Waals surface area contributed by atoms with Gasteiger partial charge in [-0.05, 0) is 22.9 Å². The molecule has 5 rings (SSSR count). The Labute approximate surface area is 153 Å². The summed E-state index contributed by atoms with van der Waals surface area (Å²) in [5, 5.41) is 25.3. The number of aliphatic hydroxyl groups excluding tert-OH is 1. The van der Waals surface area contributed by atoms with Crippen molar-refractivity contribution in [2.45, 2.75) is 6.29 Å². The van der Waals surface area contributed by atoms with Crippen LogP contribution in [-0.2, 0) is 0 Å². The zero-order valence-corrected chi connectivity index (χ0v) is 14.7. The number of thiophene rings is 1. The second kappa shape index (κ2) is 5.95. The van der Waals surface area contributed by atoms with Gasteiger partial charge in [0.05, 0.1) is 0 Å². The molecule has 5 aromatic rings. The van der Waals surface area contributed by atoms with E-state index in [9.17, 15) is 10.2 Å². The lowest BCUT2D eigenvalue weighted by Crippen LogP contribution is -2.16. The standard InChI is InChI=1S/C22H16O3S/c23-20(24)12-25-18-11-17-21-14-6-2-1-5-13(14)9-10-19(21)26-22(17)16-8-4-3-7-15(16)18/h1-11,20,23-24H,12H2. The topological polar surface area (TPSA) is 49.7 Å². The van der Waals surface area contributed by atoms with Crippen molar-refractivity contribution < 1.29 is 14.9 Å². The lowest BCUT2D eigenvalue weighted by molar-refractivity contribution is -0.0677. The number of aliphatic hydroxyl groups is 2. The van der Waals surface area contributed by atoms with Gasteiger partial charge in [-0.3, -0.25) is 0 Å². The van der Waals surface area contributed by atoms with E-state index >= 15 is 0 Å². The van der Waals surface area contributed by atoms with Crippen molar-refractivity contribution in [3.63, 3.8) is 0 Å². The van der Waals surface area contributed by atoms with Crippen molar-refractivity contribution in [1.29, 1.82) is 0 Å². The predicted octanol–water partition coefficient (Wildman–Crippen LogP) is 5.05. The minimum atomic E-state index is -1.50. The molecule has 1 aromatic heterocycles. The van der Waals surface area contributed by atoms with Gasteiger partial charge in [-0.15, -0.1) is 11.3 Å². The summed E-state index contributed by atoms with van der Waals surface area (Å²) in [4.78, 5) is 0. The zero-order chi connectivity index (χ0) is 17.7. The van der Waals surface area contributed by atoms with Gasteiger partial charge in [0.1, 0.15) is 12.4 Å². The van der Waals surface area contributed by atoms with Crippen LogP contribution >= 0.6 is 11.3 Å². The molecule has 3 nitrogen and oxygen atoms in total. The summed E-state index contributed by atoms with van der Waals surface area (Å²) < 4.78 is 8.19. The molecule has 1 heterocycles. The van der Waals surface area contributed by atoms with E-state index in [1.165, 1.54) is 25.6 Å². The Kier molecular flexibility index (Phi) is 3.57. The number of rotatable bonds is 3. The Balaban J connectivity index is 1.92. The minimum absolute atomic E-state index is 0.154. The molecule has 2 N–H and O–H groups in total. The first-order valence-corrected chi connectivity index (χ1v) is 9.28. The van der Waals surface area contributed by atoms with Crippen molar-refractivity contribution in [3.8, 4) is 5.75 Å². The van der Waals surface area contributed by atoms with Gasteiger partial charge in [0.15, 0.2) is 6.29 Å². The van der Waals surface area contributed by atoms with E-state index in [1.807, 2.05) is 24.3 Å². The smallest absolute Gasteiger partial charge is 0.186 e. The van der Waals surface area contributed by atoms with Crippen LogP contribution in [0.5, 0.6) is 5.75 Å². The first-order chi connectivity index (χ1) is 12.7. The highest BCUT2D eigenvalue weighted by atomic mass is 32.1. The monoisotopic (exact) mass is 360 g/mol. The number of hydrogen-bond acceptors (Lipinski definition) is 4. The maximum Gasteiger partial charge on any atom is 0.186 e. The summed E-state index contributed by atoms with van der Waals surface area (Å²) in [6.07, 6.45) is -1.50. The minimum Gasteiger partial charge on any atom is -0.488 e. The molecule has 0 aliphatic carbocycles. The van der Waals surface area contributed by atoms with E-state index in [-0.39, 0.29) is 6.61 Å². The number of hydrogen-bond donors (Lipinski definition) is 2. The van der Waals surface area contributed by atoms with Crippen LogP contribution in [0.3, 0.4) is 0 Å². The molecule has 4 aromatic carbocycles. The van der Waals surface area contributed by atoms with E-state index in [1.54, 1.807) is 11.3 Å². The summed E-state index contributed by atoms with van der Waals surface area (Å²) in [6, 6.07) is 22.9. The third-order valence-electron chi connectivity index (χ3n) is 4.72. The average molecular weight is 360 g/mol. The second-order valence-corrected chi connectivity index (χ2v) is 7.40. The maximum atomic E-state index is 9.20. The zero-order valence-electron chi connectivity index (χ0n) is 13.8. The maximum absolute atomic E-state index is 9.20. The number of fused-ring (bicyclic) bond motifs is 7. The Hall–Kier alpha value is -2.66. The molecule has 0 aliphatic heterocycles. The van der Waals surface area contributed by atoms with Gasteiger partial charge in [-0.2, -0.15) is 0 Å². The summed E-state index contributed by atoms with van der Waals surface area (Å²) in [5.74, 6) is 0.675. The van der Waals surface area contributed by atoms with Crippen molar-refractivity contribution in [3.05, 3.63) is 66.7 Å². The third kappa shape index (κ3) is 2.35. The molecule has 0 aliphatic rings. The summed E-state index contributed by atoms with van der Waals surface area (Å²) in [5.41, 5.74) is 0. The highest BCUT2D eigenvalue weighted by Gasteiger charge is 2.15. The van der Waals surface area contributed by atoms with E-state index in [0.717, 1.165) is 16.2 Å². The van der Waals surface area contributed by atoms with Gasteiger partial charge in [0.2, 0.25) is 0 Å². The van der Waals surface area contributed by atoms with Crippen LogP contribution in [0.15, 0.2) is 66.7 Å². The van der Waals surface area contributed by atoms with Gasteiger partial charge >= 0.3 is 0 Å². The first-order valence-electron chi connectivity index (χ1n) is 8.47. The Bertz CT molecular complexity index is 1270. The Morgan fingerprint density at radius 3 is 2.35 bits per heavy atom. The molecule has 0 bridgehead atoms. The fraction of sp³-hybridized carbons (Fsp3) is 0.0909. The molecule has 0 spiro atoms. The van der Waals surface area contributed by atoms with Crippen LogP contribution in [0.2, 0.25) is 0 Å². The van der Waals surface area contributed by atoms with Crippen LogP contribution in [-0.4, -0.2) is 23.1 Å². The molecular formula is C22H16O3S. The lowest BCUT2D eigenvalue weighted by atomic mass is 10.0. The normalized spacial score (nSPS) is 12.0. The van der Waals surface area contributed by atoms with Crippen molar-refractivity contribution >= 4 is 53.1 Å². The van der Waals surface area contributed by atoms with Crippen LogP contribution in [0.25, 0.3) is 41.7 Å². The van der Waals surface area contributed by atoms with Crippen LogP contribution in [0.4, 0.5) is 0 Å². The van der Waals surface area contributed by atoms with E-state index in [4.69, 9.17) is 4.74 Å². The molecular weight excluding hydrogens is 344 g/mol. The van der Waals surface area contributed by atoms with Crippen LogP contribution in [0.1, 0.15) is 0 Å². The molecule has 4 heteroatoms. The molecule has 0 amide bonds. The van der Waals surface area contributed by atoms with E-state index in [2.05, 4.69) is 42.5 Å². The van der Waals surface area contributed by atoms with E-state index in [0.29, 0.717) is 5.75 Å². The molecule has 0 saturated heterocycles. The highest BCUT2D eigenvalue weighted by Crippen LogP contribution is 2.44. The largest absolute Gasteiger partial charge is 0.488 e.